The lowest BCUT2D eigenvalue weighted by molar-refractivity contribution is 0.176. The van der Waals surface area contributed by atoms with Crippen LogP contribution in [-0.2, 0) is 6.42 Å². The van der Waals surface area contributed by atoms with Gasteiger partial charge in [0.1, 0.15) is 5.75 Å². The molecule has 1 N–H and O–H groups in total. The van der Waals surface area contributed by atoms with Gasteiger partial charge in [-0.3, -0.25) is 0 Å². The van der Waals surface area contributed by atoms with E-state index in [0.717, 1.165) is 22.4 Å². The second-order valence-electron chi connectivity index (χ2n) is 4.49. The fourth-order valence-electron chi connectivity index (χ4n) is 2.18. The molecule has 0 saturated carbocycles. The van der Waals surface area contributed by atoms with E-state index in [1.54, 1.807) is 7.11 Å². The van der Waals surface area contributed by atoms with Crippen LogP contribution < -0.4 is 4.74 Å². The summed E-state index contributed by atoms with van der Waals surface area (Å²) in [5, 5.41) is 11.1. The minimum Gasteiger partial charge on any atom is -0.496 e. The van der Waals surface area contributed by atoms with Crippen LogP contribution in [0.25, 0.3) is 0 Å². The molecular formula is C16H17ClO2. The number of para-hydroxylation sites is 1. The molecule has 0 aromatic heterocycles. The van der Waals surface area contributed by atoms with Gasteiger partial charge < -0.3 is 9.84 Å². The van der Waals surface area contributed by atoms with Crippen molar-refractivity contribution < 1.29 is 9.84 Å². The molecule has 0 spiro atoms. The minimum atomic E-state index is -0.588. The Morgan fingerprint density at radius 2 is 1.89 bits per heavy atom. The van der Waals surface area contributed by atoms with Crippen LogP contribution in [0, 0.1) is 6.92 Å². The molecule has 3 heteroatoms. The van der Waals surface area contributed by atoms with Gasteiger partial charge in [0.25, 0.3) is 0 Å². The zero-order valence-corrected chi connectivity index (χ0v) is 11.8. The van der Waals surface area contributed by atoms with Gasteiger partial charge in [0.15, 0.2) is 0 Å². The fraction of sp³-hybridized carbons (Fsp3) is 0.250. The zero-order valence-electron chi connectivity index (χ0n) is 11.1. The summed E-state index contributed by atoms with van der Waals surface area (Å²) in [5.74, 6) is 0.793. The molecule has 0 saturated heterocycles. The topological polar surface area (TPSA) is 29.5 Å². The second-order valence-corrected chi connectivity index (χ2v) is 4.89. The van der Waals surface area contributed by atoms with Crippen molar-refractivity contribution in [1.82, 2.24) is 0 Å². The lowest BCUT2D eigenvalue weighted by atomic mass is 9.97. The largest absolute Gasteiger partial charge is 0.496 e. The molecule has 0 heterocycles. The van der Waals surface area contributed by atoms with Crippen LogP contribution in [0.5, 0.6) is 5.75 Å². The van der Waals surface area contributed by atoms with Crippen molar-refractivity contribution in [2.24, 2.45) is 0 Å². The zero-order chi connectivity index (χ0) is 13.8. The molecule has 0 radical (unpaired) electrons. The van der Waals surface area contributed by atoms with E-state index in [1.165, 1.54) is 0 Å². The molecule has 2 aromatic rings. The highest BCUT2D eigenvalue weighted by Gasteiger charge is 2.14. The lowest BCUT2D eigenvalue weighted by Crippen LogP contribution is -2.05. The molecule has 100 valence electrons. The molecule has 2 nitrogen and oxygen atoms in total. The van der Waals surface area contributed by atoms with Gasteiger partial charge in [0, 0.05) is 11.4 Å². The third kappa shape index (κ3) is 3.09. The van der Waals surface area contributed by atoms with Crippen LogP contribution >= 0.6 is 11.6 Å². The third-order valence-corrected chi connectivity index (χ3v) is 3.68. The summed E-state index contributed by atoms with van der Waals surface area (Å²) in [7, 11) is 1.63. The van der Waals surface area contributed by atoms with Crippen molar-refractivity contribution in [3.05, 3.63) is 64.2 Å². The summed E-state index contributed by atoms with van der Waals surface area (Å²) in [5.41, 5.74) is 2.77. The van der Waals surface area contributed by atoms with Crippen LogP contribution in [0.1, 0.15) is 22.8 Å². The first-order chi connectivity index (χ1) is 9.13. The van der Waals surface area contributed by atoms with Gasteiger partial charge in [-0.05, 0) is 35.7 Å². The Hall–Kier alpha value is -1.51. The number of benzene rings is 2. The van der Waals surface area contributed by atoms with Gasteiger partial charge in [-0.15, -0.1) is 0 Å². The molecule has 0 fully saturated rings. The number of halogens is 1. The molecule has 1 atom stereocenters. The first-order valence-electron chi connectivity index (χ1n) is 6.18. The summed E-state index contributed by atoms with van der Waals surface area (Å²) in [6.45, 7) is 1.92. The van der Waals surface area contributed by atoms with Crippen LogP contribution in [0.4, 0.5) is 0 Å². The maximum absolute atomic E-state index is 10.4. The normalized spacial score (nSPS) is 12.2. The summed E-state index contributed by atoms with van der Waals surface area (Å²) in [4.78, 5) is 0. The van der Waals surface area contributed by atoms with Gasteiger partial charge in [0.05, 0.1) is 13.2 Å². The SMILES string of the molecule is COc1ccccc1CC(O)c1cccc(Cl)c1C. The highest BCUT2D eigenvalue weighted by atomic mass is 35.5. The van der Waals surface area contributed by atoms with E-state index >= 15 is 0 Å². The van der Waals surface area contributed by atoms with Crippen molar-refractivity contribution in [1.29, 1.82) is 0 Å². The highest BCUT2D eigenvalue weighted by molar-refractivity contribution is 6.31. The van der Waals surface area contributed by atoms with E-state index in [1.807, 2.05) is 49.4 Å². The smallest absolute Gasteiger partial charge is 0.122 e. The predicted molar refractivity (Wildman–Crippen MR) is 77.8 cm³/mol. The number of hydrogen-bond donors (Lipinski definition) is 1. The highest BCUT2D eigenvalue weighted by Crippen LogP contribution is 2.29. The van der Waals surface area contributed by atoms with Crippen molar-refractivity contribution in [2.45, 2.75) is 19.4 Å². The Bertz CT molecular complexity index is 566. The summed E-state index contributed by atoms with van der Waals surface area (Å²) < 4.78 is 5.30. The minimum absolute atomic E-state index is 0.505. The van der Waals surface area contributed by atoms with Gasteiger partial charge in [-0.25, -0.2) is 0 Å². The van der Waals surface area contributed by atoms with Crippen LogP contribution in [0.2, 0.25) is 5.02 Å². The molecule has 19 heavy (non-hydrogen) atoms. The Morgan fingerprint density at radius 3 is 2.63 bits per heavy atom. The number of ether oxygens (including phenoxy) is 1. The molecule has 0 aliphatic rings. The van der Waals surface area contributed by atoms with Crippen molar-refractivity contribution in [2.75, 3.05) is 7.11 Å². The van der Waals surface area contributed by atoms with E-state index in [0.29, 0.717) is 11.4 Å². The summed E-state index contributed by atoms with van der Waals surface area (Å²) in [6.07, 6.45) is -0.0828. The van der Waals surface area contributed by atoms with E-state index in [-0.39, 0.29) is 0 Å². The molecule has 0 aliphatic heterocycles. The van der Waals surface area contributed by atoms with Crippen LogP contribution in [0.15, 0.2) is 42.5 Å². The predicted octanol–water partition coefficient (Wildman–Crippen LogP) is 3.93. The average molecular weight is 277 g/mol. The molecule has 1 unspecified atom stereocenters. The maximum Gasteiger partial charge on any atom is 0.122 e. The summed E-state index contributed by atoms with van der Waals surface area (Å²) >= 11 is 6.08. The average Bonchev–Trinajstić information content (AvgIpc) is 2.42. The third-order valence-electron chi connectivity index (χ3n) is 3.27. The van der Waals surface area contributed by atoms with Gasteiger partial charge in [-0.1, -0.05) is 41.9 Å². The van der Waals surface area contributed by atoms with E-state index in [2.05, 4.69) is 0 Å². The fourth-order valence-corrected chi connectivity index (χ4v) is 2.36. The number of aliphatic hydroxyl groups excluding tert-OH is 1. The van der Waals surface area contributed by atoms with E-state index in [9.17, 15) is 5.11 Å². The first kappa shape index (κ1) is 13.9. The number of aliphatic hydroxyl groups is 1. The lowest BCUT2D eigenvalue weighted by Gasteiger charge is -2.16. The van der Waals surface area contributed by atoms with Gasteiger partial charge in [0.2, 0.25) is 0 Å². The number of hydrogen-bond acceptors (Lipinski definition) is 2. The van der Waals surface area contributed by atoms with Crippen LogP contribution in [0.3, 0.4) is 0 Å². The Labute approximate surface area is 118 Å². The molecule has 0 amide bonds. The van der Waals surface area contributed by atoms with Gasteiger partial charge >= 0.3 is 0 Å². The van der Waals surface area contributed by atoms with Gasteiger partial charge in [-0.2, -0.15) is 0 Å². The Morgan fingerprint density at radius 1 is 1.16 bits per heavy atom. The molecule has 0 aliphatic carbocycles. The van der Waals surface area contributed by atoms with E-state index < -0.39 is 6.10 Å². The summed E-state index contributed by atoms with van der Waals surface area (Å²) in [6, 6.07) is 13.3. The Kier molecular flexibility index (Phi) is 4.46. The van der Waals surface area contributed by atoms with E-state index in [4.69, 9.17) is 16.3 Å². The molecule has 2 rings (SSSR count). The molecule has 0 bridgehead atoms. The van der Waals surface area contributed by atoms with Crippen molar-refractivity contribution in [3.8, 4) is 5.75 Å². The quantitative estimate of drug-likeness (QED) is 0.917. The van der Waals surface area contributed by atoms with Crippen molar-refractivity contribution >= 4 is 11.6 Å². The maximum atomic E-state index is 10.4. The van der Waals surface area contributed by atoms with Crippen molar-refractivity contribution in [3.63, 3.8) is 0 Å². The van der Waals surface area contributed by atoms with Crippen LogP contribution in [-0.4, -0.2) is 12.2 Å². The standard InChI is InChI=1S/C16H17ClO2/c1-11-13(7-5-8-14(11)17)15(18)10-12-6-3-4-9-16(12)19-2/h3-9,15,18H,10H2,1-2H3. The number of rotatable bonds is 4. The monoisotopic (exact) mass is 276 g/mol. The molecule has 2 aromatic carbocycles. The second kappa shape index (κ2) is 6.09. The first-order valence-corrected chi connectivity index (χ1v) is 6.56. The molecular weight excluding hydrogens is 260 g/mol. The number of methoxy groups -OCH3 is 1. The Balaban J connectivity index is 2.26.